The predicted molar refractivity (Wildman–Crippen MR) is 77.5 cm³/mol. The largest absolute Gasteiger partial charge is 0.390 e. The van der Waals surface area contributed by atoms with Crippen molar-refractivity contribution in [1.82, 2.24) is 0 Å². The summed E-state index contributed by atoms with van der Waals surface area (Å²) in [4.78, 5) is 0. The van der Waals surface area contributed by atoms with Gasteiger partial charge < -0.3 is 15.7 Å². The van der Waals surface area contributed by atoms with Crippen LogP contribution in [0.25, 0.3) is 0 Å². The van der Waals surface area contributed by atoms with Crippen LogP contribution in [-0.4, -0.2) is 29.7 Å². The van der Waals surface area contributed by atoms with E-state index in [1.807, 2.05) is 18.2 Å². The lowest BCUT2D eigenvalue weighted by molar-refractivity contribution is 0.211. The summed E-state index contributed by atoms with van der Waals surface area (Å²) in [5.74, 6) is 0.255. The number of rotatable bonds is 6. The second kappa shape index (κ2) is 6.86. The second-order valence-electron chi connectivity index (χ2n) is 4.86. The third kappa shape index (κ3) is 3.79. The molecule has 1 atom stereocenters. The maximum Gasteiger partial charge on any atom is 0.0847 e. The molecule has 4 heteroatoms. The highest BCUT2D eigenvalue weighted by Crippen LogP contribution is 2.27. The summed E-state index contributed by atoms with van der Waals surface area (Å²) in [6.45, 7) is 0.479. The van der Waals surface area contributed by atoms with Crippen LogP contribution in [0.3, 0.4) is 0 Å². The Kier molecular flexibility index (Phi) is 5.14. The molecule has 0 amide bonds. The van der Waals surface area contributed by atoms with Gasteiger partial charge in [-0.3, -0.25) is 0 Å². The number of benzene rings is 1. The lowest BCUT2D eigenvalue weighted by atomic mass is 10.2. The molecule has 1 aromatic carbocycles. The smallest absolute Gasteiger partial charge is 0.0847 e. The van der Waals surface area contributed by atoms with Crippen LogP contribution in [0.5, 0.6) is 0 Å². The van der Waals surface area contributed by atoms with Gasteiger partial charge in [0, 0.05) is 12.6 Å². The Balaban J connectivity index is 1.95. The second-order valence-corrected chi connectivity index (χ2v) is 5.17. The lowest BCUT2D eigenvalue weighted by Gasteiger charge is -2.18. The Hall–Kier alpha value is -0.930. The molecule has 1 aliphatic carbocycles. The van der Waals surface area contributed by atoms with Gasteiger partial charge in [0.15, 0.2) is 0 Å². The van der Waals surface area contributed by atoms with E-state index in [-0.39, 0.29) is 5.88 Å². The molecule has 1 fully saturated rings. The number of alkyl halides is 1. The highest BCUT2D eigenvalue weighted by Gasteiger charge is 2.15. The SMILES string of the molecule is OC(CCl)CNc1ccccc1NC1CCCC1. The Morgan fingerprint density at radius 1 is 1.22 bits per heavy atom. The molecule has 3 nitrogen and oxygen atoms in total. The van der Waals surface area contributed by atoms with Crippen LogP contribution in [0.4, 0.5) is 11.4 Å². The predicted octanol–water partition coefficient (Wildman–Crippen LogP) is 3.05. The molecule has 3 N–H and O–H groups in total. The molecule has 1 unspecified atom stereocenters. The summed E-state index contributed by atoms with van der Waals surface area (Å²) >= 11 is 5.59. The van der Waals surface area contributed by atoms with Crippen LogP contribution < -0.4 is 10.6 Å². The summed E-state index contributed by atoms with van der Waals surface area (Å²) in [6.07, 6.45) is 4.62. The first-order chi connectivity index (χ1) is 8.79. The third-order valence-corrected chi connectivity index (χ3v) is 3.70. The fraction of sp³-hybridized carbons (Fsp3) is 0.571. The highest BCUT2D eigenvalue weighted by atomic mass is 35.5. The molecule has 1 aliphatic rings. The van der Waals surface area contributed by atoms with E-state index >= 15 is 0 Å². The van der Waals surface area contributed by atoms with E-state index < -0.39 is 6.10 Å². The van der Waals surface area contributed by atoms with Gasteiger partial charge in [-0.2, -0.15) is 0 Å². The molecule has 2 rings (SSSR count). The number of anilines is 2. The van der Waals surface area contributed by atoms with Gasteiger partial charge in [-0.25, -0.2) is 0 Å². The molecule has 0 aliphatic heterocycles. The van der Waals surface area contributed by atoms with Crippen molar-refractivity contribution in [3.63, 3.8) is 0 Å². The van der Waals surface area contributed by atoms with E-state index in [0.29, 0.717) is 12.6 Å². The lowest BCUT2D eigenvalue weighted by Crippen LogP contribution is -2.22. The van der Waals surface area contributed by atoms with Crippen molar-refractivity contribution >= 4 is 23.0 Å². The number of aliphatic hydroxyl groups excluding tert-OH is 1. The maximum absolute atomic E-state index is 9.48. The average molecular weight is 269 g/mol. The zero-order valence-corrected chi connectivity index (χ0v) is 11.3. The van der Waals surface area contributed by atoms with E-state index in [1.165, 1.54) is 25.7 Å². The zero-order valence-electron chi connectivity index (χ0n) is 10.5. The minimum Gasteiger partial charge on any atom is -0.390 e. The van der Waals surface area contributed by atoms with Gasteiger partial charge in [0.2, 0.25) is 0 Å². The quantitative estimate of drug-likeness (QED) is 0.695. The average Bonchev–Trinajstić information content (AvgIpc) is 2.90. The van der Waals surface area contributed by atoms with Crippen molar-refractivity contribution in [3.05, 3.63) is 24.3 Å². The molecule has 18 heavy (non-hydrogen) atoms. The monoisotopic (exact) mass is 268 g/mol. The van der Waals surface area contributed by atoms with E-state index in [4.69, 9.17) is 11.6 Å². The molecule has 100 valence electrons. The van der Waals surface area contributed by atoms with Crippen molar-refractivity contribution in [3.8, 4) is 0 Å². The molecule has 0 bridgehead atoms. The molecule has 0 heterocycles. The Labute approximate surface area is 114 Å². The molecule has 0 aromatic heterocycles. The van der Waals surface area contributed by atoms with E-state index in [2.05, 4.69) is 16.7 Å². The van der Waals surface area contributed by atoms with Crippen LogP contribution in [-0.2, 0) is 0 Å². The Morgan fingerprint density at radius 3 is 2.56 bits per heavy atom. The normalized spacial score (nSPS) is 17.7. The number of halogens is 1. The number of nitrogens with one attached hydrogen (secondary N) is 2. The molecular weight excluding hydrogens is 248 g/mol. The van der Waals surface area contributed by atoms with Gasteiger partial charge in [0.05, 0.1) is 23.4 Å². The van der Waals surface area contributed by atoms with Crippen LogP contribution in [0.2, 0.25) is 0 Å². The number of hydrogen-bond acceptors (Lipinski definition) is 3. The highest BCUT2D eigenvalue weighted by molar-refractivity contribution is 6.18. The van der Waals surface area contributed by atoms with Gasteiger partial charge in [-0.1, -0.05) is 25.0 Å². The van der Waals surface area contributed by atoms with Gasteiger partial charge in [-0.05, 0) is 25.0 Å². The summed E-state index contributed by atoms with van der Waals surface area (Å²) < 4.78 is 0. The molecule has 0 saturated heterocycles. The Bertz CT molecular complexity index is 367. The van der Waals surface area contributed by atoms with Gasteiger partial charge in [-0.15, -0.1) is 11.6 Å². The Morgan fingerprint density at radius 2 is 1.89 bits per heavy atom. The van der Waals surface area contributed by atoms with Crippen molar-refractivity contribution in [2.24, 2.45) is 0 Å². The first-order valence-electron chi connectivity index (χ1n) is 6.63. The summed E-state index contributed by atoms with van der Waals surface area (Å²) in [5, 5.41) is 16.3. The van der Waals surface area contributed by atoms with Crippen molar-refractivity contribution in [2.75, 3.05) is 23.1 Å². The number of para-hydroxylation sites is 2. The first-order valence-corrected chi connectivity index (χ1v) is 7.16. The topological polar surface area (TPSA) is 44.3 Å². The van der Waals surface area contributed by atoms with E-state index in [9.17, 15) is 5.11 Å². The minimum absolute atomic E-state index is 0.255. The fourth-order valence-electron chi connectivity index (χ4n) is 2.34. The van der Waals surface area contributed by atoms with Crippen molar-refractivity contribution in [2.45, 2.75) is 37.8 Å². The fourth-order valence-corrected chi connectivity index (χ4v) is 2.44. The van der Waals surface area contributed by atoms with Crippen LogP contribution in [0.15, 0.2) is 24.3 Å². The summed E-state index contributed by atoms with van der Waals surface area (Å²) in [6, 6.07) is 8.72. The molecule has 0 spiro atoms. The first kappa shape index (κ1) is 13.5. The number of aliphatic hydroxyl groups is 1. The molecule has 1 aromatic rings. The van der Waals surface area contributed by atoms with E-state index in [1.54, 1.807) is 0 Å². The van der Waals surface area contributed by atoms with Gasteiger partial charge in [0.1, 0.15) is 0 Å². The van der Waals surface area contributed by atoms with Crippen LogP contribution >= 0.6 is 11.6 Å². The zero-order chi connectivity index (χ0) is 12.8. The van der Waals surface area contributed by atoms with E-state index in [0.717, 1.165) is 11.4 Å². The molecule has 1 saturated carbocycles. The van der Waals surface area contributed by atoms with Crippen LogP contribution in [0.1, 0.15) is 25.7 Å². The van der Waals surface area contributed by atoms with Gasteiger partial charge >= 0.3 is 0 Å². The summed E-state index contributed by atoms with van der Waals surface area (Å²) in [5.41, 5.74) is 2.15. The number of hydrogen-bond donors (Lipinski definition) is 3. The van der Waals surface area contributed by atoms with Crippen molar-refractivity contribution < 1.29 is 5.11 Å². The standard InChI is InChI=1S/C14H21ClN2O/c15-9-12(18)10-16-13-7-3-4-8-14(13)17-11-5-1-2-6-11/h3-4,7-8,11-12,16-18H,1-2,5-6,9-10H2. The third-order valence-electron chi connectivity index (χ3n) is 3.35. The molecule has 0 radical (unpaired) electrons. The van der Waals surface area contributed by atoms with Crippen molar-refractivity contribution in [1.29, 1.82) is 0 Å². The minimum atomic E-state index is -0.508. The van der Waals surface area contributed by atoms with Gasteiger partial charge in [0.25, 0.3) is 0 Å². The molecular formula is C14H21ClN2O. The summed E-state index contributed by atoms with van der Waals surface area (Å²) in [7, 11) is 0. The maximum atomic E-state index is 9.48. The van der Waals surface area contributed by atoms with Crippen LogP contribution in [0, 0.1) is 0 Å².